The van der Waals surface area contributed by atoms with E-state index in [1.807, 2.05) is 12.1 Å². The zero-order valence-corrected chi connectivity index (χ0v) is 18.0. The van der Waals surface area contributed by atoms with Crippen LogP contribution in [0.2, 0.25) is 5.02 Å². The highest BCUT2D eigenvalue weighted by Crippen LogP contribution is 2.32. The first-order valence-electron chi connectivity index (χ1n) is 10.1. The fourth-order valence-corrected chi connectivity index (χ4v) is 3.90. The van der Waals surface area contributed by atoms with E-state index in [1.165, 1.54) is 4.90 Å². The quantitative estimate of drug-likeness (QED) is 0.716. The monoisotopic (exact) mass is 420 g/mol. The van der Waals surface area contributed by atoms with E-state index in [4.69, 9.17) is 16.3 Å². The van der Waals surface area contributed by atoms with Crippen LogP contribution in [0.1, 0.15) is 25.5 Å². The summed E-state index contributed by atoms with van der Waals surface area (Å²) in [6.07, 6.45) is 0. The SMILES string of the molecule is CCOC(=O)C1=C(CN2CCN(CC)CC2)N(C)C(=O)N[C@@H]1c1ccc(Cl)cc1. The van der Waals surface area contributed by atoms with Gasteiger partial charge in [-0.25, -0.2) is 9.59 Å². The molecule has 8 heteroatoms. The molecule has 3 rings (SSSR count). The van der Waals surface area contributed by atoms with Crippen molar-refractivity contribution in [1.29, 1.82) is 0 Å². The Kier molecular flexibility index (Phi) is 7.16. The summed E-state index contributed by atoms with van der Waals surface area (Å²) in [6.45, 7) is 9.53. The molecule has 2 aliphatic rings. The van der Waals surface area contributed by atoms with E-state index in [9.17, 15) is 9.59 Å². The minimum Gasteiger partial charge on any atom is -0.463 e. The van der Waals surface area contributed by atoms with Crippen molar-refractivity contribution >= 4 is 23.6 Å². The molecule has 7 nitrogen and oxygen atoms in total. The average Bonchev–Trinajstić information content (AvgIpc) is 2.72. The molecule has 0 saturated carbocycles. The van der Waals surface area contributed by atoms with Crippen molar-refractivity contribution in [3.05, 3.63) is 46.1 Å². The van der Waals surface area contributed by atoms with E-state index in [-0.39, 0.29) is 12.6 Å². The summed E-state index contributed by atoms with van der Waals surface area (Å²) in [7, 11) is 1.70. The number of nitrogens with one attached hydrogen (secondary N) is 1. The van der Waals surface area contributed by atoms with E-state index in [0.29, 0.717) is 22.8 Å². The molecule has 0 spiro atoms. The van der Waals surface area contributed by atoms with E-state index in [1.54, 1.807) is 26.1 Å². The first-order chi connectivity index (χ1) is 13.9. The van der Waals surface area contributed by atoms with Gasteiger partial charge in [0.05, 0.1) is 18.2 Å². The van der Waals surface area contributed by atoms with Gasteiger partial charge >= 0.3 is 12.0 Å². The van der Waals surface area contributed by atoms with Crippen molar-refractivity contribution < 1.29 is 14.3 Å². The third-order valence-corrected chi connectivity index (χ3v) is 5.81. The van der Waals surface area contributed by atoms with Crippen LogP contribution < -0.4 is 5.32 Å². The van der Waals surface area contributed by atoms with Crippen molar-refractivity contribution in [3.63, 3.8) is 0 Å². The van der Waals surface area contributed by atoms with Crippen LogP contribution in [0.15, 0.2) is 35.5 Å². The largest absolute Gasteiger partial charge is 0.463 e. The second-order valence-electron chi connectivity index (χ2n) is 7.28. The number of benzene rings is 1. The van der Waals surface area contributed by atoms with Crippen molar-refractivity contribution in [3.8, 4) is 0 Å². The van der Waals surface area contributed by atoms with Gasteiger partial charge in [-0.2, -0.15) is 0 Å². The van der Waals surface area contributed by atoms with Crippen LogP contribution in [0.25, 0.3) is 0 Å². The molecule has 2 aliphatic heterocycles. The molecular weight excluding hydrogens is 392 g/mol. The highest BCUT2D eigenvalue weighted by molar-refractivity contribution is 6.30. The van der Waals surface area contributed by atoms with Gasteiger partial charge in [-0.3, -0.25) is 9.80 Å². The third-order valence-electron chi connectivity index (χ3n) is 5.56. The number of hydrogen-bond acceptors (Lipinski definition) is 5. The van der Waals surface area contributed by atoms with Crippen LogP contribution in [-0.2, 0) is 9.53 Å². The molecule has 0 radical (unpaired) electrons. The van der Waals surface area contributed by atoms with Gasteiger partial charge in [0.25, 0.3) is 0 Å². The lowest BCUT2D eigenvalue weighted by Crippen LogP contribution is -2.52. The number of ether oxygens (including phenoxy) is 1. The summed E-state index contributed by atoms with van der Waals surface area (Å²) in [5.41, 5.74) is 1.97. The topological polar surface area (TPSA) is 65.1 Å². The summed E-state index contributed by atoms with van der Waals surface area (Å²) in [5.74, 6) is -0.401. The summed E-state index contributed by atoms with van der Waals surface area (Å²) >= 11 is 6.02. The molecular formula is C21H29ClN4O3. The number of halogens is 1. The van der Waals surface area contributed by atoms with E-state index in [0.717, 1.165) is 38.3 Å². The van der Waals surface area contributed by atoms with E-state index < -0.39 is 12.0 Å². The van der Waals surface area contributed by atoms with E-state index >= 15 is 0 Å². The predicted molar refractivity (Wildman–Crippen MR) is 113 cm³/mol. The Morgan fingerprint density at radius 3 is 2.34 bits per heavy atom. The number of rotatable bonds is 6. The maximum atomic E-state index is 12.9. The number of likely N-dealkylation sites (N-methyl/N-ethyl adjacent to an activating group) is 2. The van der Waals surface area contributed by atoms with Crippen molar-refractivity contribution in [2.45, 2.75) is 19.9 Å². The highest BCUT2D eigenvalue weighted by atomic mass is 35.5. The smallest absolute Gasteiger partial charge is 0.338 e. The Balaban J connectivity index is 1.96. The molecule has 158 valence electrons. The number of carbonyl (C=O) groups excluding carboxylic acids is 2. The maximum Gasteiger partial charge on any atom is 0.338 e. The minimum absolute atomic E-state index is 0.236. The van der Waals surface area contributed by atoms with Gasteiger partial charge in [0.15, 0.2) is 0 Å². The molecule has 0 bridgehead atoms. The summed E-state index contributed by atoms with van der Waals surface area (Å²) < 4.78 is 5.37. The third kappa shape index (κ3) is 4.91. The highest BCUT2D eigenvalue weighted by Gasteiger charge is 2.37. The van der Waals surface area contributed by atoms with Gasteiger partial charge in [-0.05, 0) is 31.2 Å². The molecule has 2 amide bonds. The normalized spacial score (nSPS) is 21.3. The van der Waals surface area contributed by atoms with Gasteiger partial charge in [-0.15, -0.1) is 0 Å². The number of esters is 1. The molecule has 1 saturated heterocycles. The Morgan fingerprint density at radius 2 is 1.76 bits per heavy atom. The summed E-state index contributed by atoms with van der Waals surface area (Å²) in [4.78, 5) is 31.9. The summed E-state index contributed by atoms with van der Waals surface area (Å²) in [6, 6.07) is 6.37. The molecule has 29 heavy (non-hydrogen) atoms. The van der Waals surface area contributed by atoms with Crippen LogP contribution in [-0.4, -0.2) is 79.6 Å². The molecule has 0 aliphatic carbocycles. The molecule has 2 heterocycles. The maximum absolute atomic E-state index is 12.9. The Morgan fingerprint density at radius 1 is 1.14 bits per heavy atom. The van der Waals surface area contributed by atoms with Gasteiger partial charge in [0.2, 0.25) is 0 Å². The van der Waals surface area contributed by atoms with Gasteiger partial charge < -0.3 is 15.0 Å². The van der Waals surface area contributed by atoms with Crippen LogP contribution in [0.4, 0.5) is 4.79 Å². The first-order valence-corrected chi connectivity index (χ1v) is 10.5. The number of nitrogens with zero attached hydrogens (tertiary/aromatic N) is 3. The number of piperazine rings is 1. The van der Waals surface area contributed by atoms with Gasteiger partial charge in [-0.1, -0.05) is 30.7 Å². The predicted octanol–water partition coefficient (Wildman–Crippen LogP) is 2.49. The molecule has 1 fully saturated rings. The second kappa shape index (κ2) is 9.61. The Hall–Kier alpha value is -2.09. The lowest BCUT2D eigenvalue weighted by atomic mass is 9.94. The number of amides is 2. The van der Waals surface area contributed by atoms with E-state index in [2.05, 4.69) is 22.0 Å². The molecule has 1 atom stereocenters. The zero-order valence-electron chi connectivity index (χ0n) is 17.3. The molecule has 1 N–H and O–H groups in total. The van der Waals surface area contributed by atoms with Gasteiger partial charge in [0.1, 0.15) is 0 Å². The van der Waals surface area contributed by atoms with Crippen LogP contribution in [0, 0.1) is 0 Å². The Labute approximate surface area is 177 Å². The standard InChI is InChI=1S/C21H29ClN4O3/c1-4-25-10-12-26(13-11-25)14-17-18(20(27)29-5-2)19(23-21(28)24(17)3)15-6-8-16(22)9-7-15/h6-9,19H,4-5,10-14H2,1-3H3,(H,23,28)/t19-/m1/s1. The molecule has 1 aromatic carbocycles. The van der Waals surface area contributed by atoms with Crippen molar-refractivity contribution in [2.24, 2.45) is 0 Å². The molecule has 0 unspecified atom stereocenters. The number of hydrogen-bond donors (Lipinski definition) is 1. The summed E-state index contributed by atoms with van der Waals surface area (Å²) in [5, 5.41) is 3.53. The number of urea groups is 1. The second-order valence-corrected chi connectivity index (χ2v) is 7.72. The average molecular weight is 421 g/mol. The zero-order chi connectivity index (χ0) is 21.0. The van der Waals surface area contributed by atoms with Crippen molar-refractivity contribution in [2.75, 3.05) is 52.9 Å². The van der Waals surface area contributed by atoms with Crippen LogP contribution in [0.3, 0.4) is 0 Å². The van der Waals surface area contributed by atoms with Crippen molar-refractivity contribution in [1.82, 2.24) is 20.0 Å². The molecule has 0 aromatic heterocycles. The Bertz CT molecular complexity index is 773. The lowest BCUT2D eigenvalue weighted by molar-refractivity contribution is -0.139. The fourth-order valence-electron chi connectivity index (χ4n) is 3.78. The lowest BCUT2D eigenvalue weighted by Gasteiger charge is -2.39. The number of carbonyl (C=O) groups is 2. The molecule has 1 aromatic rings. The fraction of sp³-hybridized carbons (Fsp3) is 0.524. The van der Waals surface area contributed by atoms with Crippen LogP contribution >= 0.6 is 11.6 Å². The van der Waals surface area contributed by atoms with Crippen LogP contribution in [0.5, 0.6) is 0 Å². The minimum atomic E-state index is -0.568. The first kappa shape index (κ1) is 21.6. The van der Waals surface area contributed by atoms with Gasteiger partial charge in [0, 0.05) is 50.5 Å².